The first kappa shape index (κ1) is 13.6. The van der Waals surface area contributed by atoms with E-state index in [1.807, 2.05) is 30.3 Å². The second kappa shape index (κ2) is 5.85. The molecular weight excluding hydrogens is 248 g/mol. The summed E-state index contributed by atoms with van der Waals surface area (Å²) in [5, 5.41) is -0.510. The average molecular weight is 268 g/mol. The van der Waals surface area contributed by atoms with Gasteiger partial charge >= 0.3 is 0 Å². The maximum atomic E-state index is 12.2. The van der Waals surface area contributed by atoms with Crippen molar-refractivity contribution >= 4 is 10.1 Å². The van der Waals surface area contributed by atoms with Crippen LogP contribution in [-0.2, 0) is 14.3 Å². The molecule has 1 aromatic rings. The highest BCUT2D eigenvalue weighted by molar-refractivity contribution is 7.87. The van der Waals surface area contributed by atoms with Crippen LogP contribution in [0.15, 0.2) is 30.3 Å². The standard InChI is InChI=1S/C14H20O3S/c1-17-18(15,16)14(12-8-4-2-5-9-12)13-10-6-3-7-11-13/h2,4-5,8-9,13-14H,3,6-7,10-11H2,1H3/t14-/m0/s1. The highest BCUT2D eigenvalue weighted by Crippen LogP contribution is 2.39. The second-order valence-corrected chi connectivity index (χ2v) is 6.72. The lowest BCUT2D eigenvalue weighted by Gasteiger charge is -2.29. The topological polar surface area (TPSA) is 43.4 Å². The Morgan fingerprint density at radius 2 is 1.72 bits per heavy atom. The van der Waals surface area contributed by atoms with Crippen LogP contribution in [0.2, 0.25) is 0 Å². The molecule has 0 aliphatic heterocycles. The Morgan fingerprint density at radius 3 is 2.28 bits per heavy atom. The Bertz CT molecular complexity index is 461. The van der Waals surface area contributed by atoms with E-state index >= 15 is 0 Å². The van der Waals surface area contributed by atoms with E-state index in [0.717, 1.165) is 31.2 Å². The Hall–Kier alpha value is -0.870. The van der Waals surface area contributed by atoms with Gasteiger partial charge in [0, 0.05) is 0 Å². The summed E-state index contributed by atoms with van der Waals surface area (Å²) in [5.41, 5.74) is 0.853. The van der Waals surface area contributed by atoms with Gasteiger partial charge in [0.05, 0.1) is 7.11 Å². The maximum Gasteiger partial charge on any atom is 0.274 e. The van der Waals surface area contributed by atoms with Crippen LogP contribution in [0.3, 0.4) is 0 Å². The van der Waals surface area contributed by atoms with Crippen molar-refractivity contribution in [3.63, 3.8) is 0 Å². The molecule has 0 N–H and O–H groups in total. The van der Waals surface area contributed by atoms with Crippen molar-refractivity contribution in [3.05, 3.63) is 35.9 Å². The normalized spacial score (nSPS) is 19.6. The van der Waals surface area contributed by atoms with Crippen LogP contribution in [0.1, 0.15) is 42.9 Å². The molecule has 1 aliphatic carbocycles. The van der Waals surface area contributed by atoms with Crippen LogP contribution in [0.25, 0.3) is 0 Å². The first-order valence-corrected chi connectivity index (χ1v) is 7.96. The molecule has 1 aliphatic rings. The van der Waals surface area contributed by atoms with E-state index < -0.39 is 15.4 Å². The van der Waals surface area contributed by atoms with Crippen molar-refractivity contribution in [2.45, 2.75) is 37.4 Å². The van der Waals surface area contributed by atoms with Crippen molar-refractivity contribution in [2.24, 2.45) is 5.92 Å². The lowest BCUT2D eigenvalue weighted by Crippen LogP contribution is -2.25. The zero-order valence-corrected chi connectivity index (χ0v) is 11.5. The number of hydrogen-bond donors (Lipinski definition) is 0. The summed E-state index contributed by atoms with van der Waals surface area (Å²) in [6, 6.07) is 9.44. The number of hydrogen-bond acceptors (Lipinski definition) is 3. The van der Waals surface area contributed by atoms with Crippen molar-refractivity contribution in [1.29, 1.82) is 0 Å². The first-order chi connectivity index (χ1) is 8.65. The SMILES string of the molecule is COS(=O)(=O)[C@@H](c1ccccc1)C1CCCCC1. The highest BCUT2D eigenvalue weighted by Gasteiger charge is 2.35. The van der Waals surface area contributed by atoms with Gasteiger partial charge < -0.3 is 0 Å². The van der Waals surface area contributed by atoms with E-state index in [0.29, 0.717) is 0 Å². The summed E-state index contributed by atoms with van der Waals surface area (Å²) >= 11 is 0. The molecule has 0 radical (unpaired) electrons. The zero-order valence-electron chi connectivity index (χ0n) is 10.7. The van der Waals surface area contributed by atoms with Gasteiger partial charge in [-0.2, -0.15) is 8.42 Å². The van der Waals surface area contributed by atoms with E-state index in [4.69, 9.17) is 4.18 Å². The molecule has 0 heterocycles. The Labute approximate surface area is 109 Å². The smallest absolute Gasteiger partial charge is 0.273 e. The van der Waals surface area contributed by atoms with Gasteiger partial charge in [-0.3, -0.25) is 4.18 Å². The molecule has 18 heavy (non-hydrogen) atoms. The van der Waals surface area contributed by atoms with Gasteiger partial charge in [0.2, 0.25) is 0 Å². The quantitative estimate of drug-likeness (QED) is 0.787. The maximum absolute atomic E-state index is 12.2. The summed E-state index contributed by atoms with van der Waals surface area (Å²) in [5.74, 6) is 0.186. The summed E-state index contributed by atoms with van der Waals surface area (Å²) in [6.45, 7) is 0. The molecular formula is C14H20O3S. The third-order valence-corrected chi connectivity index (χ3v) is 5.49. The highest BCUT2D eigenvalue weighted by atomic mass is 32.2. The molecule has 1 aromatic carbocycles. The van der Waals surface area contributed by atoms with E-state index in [-0.39, 0.29) is 5.92 Å². The van der Waals surface area contributed by atoms with Crippen LogP contribution >= 0.6 is 0 Å². The minimum absolute atomic E-state index is 0.186. The van der Waals surface area contributed by atoms with Crippen LogP contribution in [-0.4, -0.2) is 15.5 Å². The van der Waals surface area contributed by atoms with E-state index in [1.165, 1.54) is 13.5 Å². The second-order valence-electron chi connectivity index (χ2n) is 4.89. The third kappa shape index (κ3) is 2.93. The van der Waals surface area contributed by atoms with E-state index in [2.05, 4.69) is 0 Å². The molecule has 2 rings (SSSR count). The van der Waals surface area contributed by atoms with Crippen LogP contribution in [0.5, 0.6) is 0 Å². The summed E-state index contributed by atoms with van der Waals surface area (Å²) in [4.78, 5) is 0. The average Bonchev–Trinajstić information content (AvgIpc) is 2.41. The molecule has 1 atom stereocenters. The zero-order chi connectivity index (χ0) is 13.0. The molecule has 100 valence electrons. The van der Waals surface area contributed by atoms with Gasteiger partial charge in [-0.05, 0) is 24.3 Å². The monoisotopic (exact) mass is 268 g/mol. The molecule has 0 unspecified atom stereocenters. The molecule has 4 heteroatoms. The summed E-state index contributed by atoms with van der Waals surface area (Å²) in [7, 11) is -2.25. The minimum atomic E-state index is -3.51. The van der Waals surface area contributed by atoms with Gasteiger partial charge in [0.25, 0.3) is 10.1 Å². The van der Waals surface area contributed by atoms with Crippen LogP contribution in [0, 0.1) is 5.92 Å². The molecule has 0 bridgehead atoms. The molecule has 0 saturated heterocycles. The summed E-state index contributed by atoms with van der Waals surface area (Å²) in [6.07, 6.45) is 5.40. The lowest BCUT2D eigenvalue weighted by atomic mass is 9.84. The minimum Gasteiger partial charge on any atom is -0.273 e. The fraction of sp³-hybridized carbons (Fsp3) is 0.571. The van der Waals surface area contributed by atoms with Gasteiger partial charge in [-0.25, -0.2) is 0 Å². The number of benzene rings is 1. The van der Waals surface area contributed by atoms with Crippen molar-refractivity contribution in [3.8, 4) is 0 Å². The molecule has 0 spiro atoms. The van der Waals surface area contributed by atoms with Gasteiger partial charge in [-0.15, -0.1) is 0 Å². The van der Waals surface area contributed by atoms with Crippen molar-refractivity contribution in [1.82, 2.24) is 0 Å². The third-order valence-electron chi connectivity index (χ3n) is 3.75. The predicted octanol–water partition coefficient (Wildman–Crippen LogP) is 3.28. The number of rotatable bonds is 4. The van der Waals surface area contributed by atoms with Gasteiger partial charge in [0.1, 0.15) is 5.25 Å². The Morgan fingerprint density at radius 1 is 1.11 bits per heavy atom. The Kier molecular flexibility index (Phi) is 4.40. The van der Waals surface area contributed by atoms with E-state index in [9.17, 15) is 8.42 Å². The van der Waals surface area contributed by atoms with Crippen molar-refractivity contribution in [2.75, 3.05) is 7.11 Å². The van der Waals surface area contributed by atoms with Gasteiger partial charge in [0.15, 0.2) is 0 Å². The largest absolute Gasteiger partial charge is 0.274 e. The van der Waals surface area contributed by atoms with Crippen LogP contribution in [0.4, 0.5) is 0 Å². The van der Waals surface area contributed by atoms with Crippen molar-refractivity contribution < 1.29 is 12.6 Å². The molecule has 0 aromatic heterocycles. The van der Waals surface area contributed by atoms with Crippen LogP contribution < -0.4 is 0 Å². The van der Waals surface area contributed by atoms with E-state index in [1.54, 1.807) is 0 Å². The molecule has 1 fully saturated rings. The Balaban J connectivity index is 2.34. The lowest BCUT2D eigenvalue weighted by molar-refractivity contribution is 0.315. The predicted molar refractivity (Wildman–Crippen MR) is 71.7 cm³/mol. The molecule has 0 amide bonds. The summed E-state index contributed by atoms with van der Waals surface area (Å²) < 4.78 is 29.1. The fourth-order valence-electron chi connectivity index (χ4n) is 2.86. The molecule has 1 saturated carbocycles. The molecule has 3 nitrogen and oxygen atoms in total. The first-order valence-electron chi connectivity index (χ1n) is 6.49. The van der Waals surface area contributed by atoms with Gasteiger partial charge in [-0.1, -0.05) is 49.6 Å². The fourth-order valence-corrected chi connectivity index (χ4v) is 4.30.